The first-order chi connectivity index (χ1) is 9.12. The van der Waals surface area contributed by atoms with E-state index in [2.05, 4.69) is 31.2 Å². The summed E-state index contributed by atoms with van der Waals surface area (Å²) in [6.07, 6.45) is 3.07. The fourth-order valence-corrected chi connectivity index (χ4v) is 2.21. The van der Waals surface area contributed by atoms with Crippen molar-refractivity contribution < 1.29 is 4.79 Å². The molecule has 0 heterocycles. The van der Waals surface area contributed by atoms with Crippen LogP contribution in [0.1, 0.15) is 37.8 Å². The van der Waals surface area contributed by atoms with Gasteiger partial charge in [-0.1, -0.05) is 44.5 Å². The van der Waals surface area contributed by atoms with Gasteiger partial charge in [0.2, 0.25) is 5.91 Å². The molecular formula is C16H26N2O. The number of rotatable bonds is 7. The van der Waals surface area contributed by atoms with Gasteiger partial charge in [0.15, 0.2) is 0 Å². The zero-order chi connectivity index (χ0) is 14.3. The van der Waals surface area contributed by atoms with Crippen molar-refractivity contribution in [2.24, 2.45) is 11.7 Å². The minimum Gasteiger partial charge on any atom is -0.341 e. The summed E-state index contributed by atoms with van der Waals surface area (Å²) in [5.74, 6) is 0.0898. The monoisotopic (exact) mass is 262 g/mol. The van der Waals surface area contributed by atoms with Crippen LogP contribution in [0.25, 0.3) is 0 Å². The van der Waals surface area contributed by atoms with Gasteiger partial charge in [-0.25, -0.2) is 0 Å². The molecule has 0 saturated carbocycles. The number of carbonyl (C=O) groups excluding carboxylic acids is 1. The highest BCUT2D eigenvalue weighted by molar-refractivity contribution is 5.78. The van der Waals surface area contributed by atoms with E-state index in [1.807, 2.05) is 14.0 Å². The molecule has 0 spiro atoms. The molecule has 0 aliphatic heterocycles. The summed E-state index contributed by atoms with van der Waals surface area (Å²) in [5, 5.41) is 0. The van der Waals surface area contributed by atoms with Crippen molar-refractivity contribution in [2.75, 3.05) is 13.6 Å². The molecule has 1 rings (SSSR count). The smallest absolute Gasteiger partial charge is 0.226 e. The van der Waals surface area contributed by atoms with Crippen LogP contribution < -0.4 is 5.73 Å². The molecule has 106 valence electrons. The molecule has 1 aromatic rings. The molecule has 0 aromatic heterocycles. The molecule has 0 fully saturated rings. The summed E-state index contributed by atoms with van der Waals surface area (Å²) in [4.78, 5) is 13.9. The molecular weight excluding hydrogens is 236 g/mol. The van der Waals surface area contributed by atoms with E-state index in [1.54, 1.807) is 4.90 Å². The lowest BCUT2D eigenvalue weighted by molar-refractivity contribution is -0.134. The number of benzene rings is 1. The number of amides is 1. The topological polar surface area (TPSA) is 46.3 Å². The van der Waals surface area contributed by atoms with Crippen LogP contribution in [0, 0.1) is 5.92 Å². The summed E-state index contributed by atoms with van der Waals surface area (Å²) in [7, 11) is 1.85. The van der Waals surface area contributed by atoms with Crippen molar-refractivity contribution in [2.45, 2.75) is 39.7 Å². The molecule has 0 aliphatic carbocycles. The lowest BCUT2D eigenvalue weighted by atomic mass is 10.0. The summed E-state index contributed by atoms with van der Waals surface area (Å²) in [6, 6.07) is 8.52. The highest BCUT2D eigenvalue weighted by Gasteiger charge is 2.18. The Kier molecular flexibility index (Phi) is 6.57. The van der Waals surface area contributed by atoms with E-state index in [4.69, 9.17) is 5.73 Å². The van der Waals surface area contributed by atoms with Gasteiger partial charge in [0.05, 0.1) is 5.92 Å². The van der Waals surface area contributed by atoms with Crippen LogP contribution in [0.3, 0.4) is 0 Å². The number of aryl methyl sites for hydroxylation is 1. The van der Waals surface area contributed by atoms with E-state index in [0.29, 0.717) is 13.1 Å². The highest BCUT2D eigenvalue weighted by atomic mass is 16.2. The molecule has 1 atom stereocenters. The van der Waals surface area contributed by atoms with Gasteiger partial charge in [-0.2, -0.15) is 0 Å². The van der Waals surface area contributed by atoms with Crippen LogP contribution in [-0.4, -0.2) is 24.4 Å². The average Bonchev–Trinajstić information content (AvgIpc) is 2.42. The van der Waals surface area contributed by atoms with Gasteiger partial charge in [0, 0.05) is 20.1 Å². The van der Waals surface area contributed by atoms with Crippen molar-refractivity contribution in [3.05, 3.63) is 35.4 Å². The maximum atomic E-state index is 12.1. The van der Waals surface area contributed by atoms with Crippen LogP contribution in [-0.2, 0) is 17.8 Å². The molecule has 1 aromatic carbocycles. The number of carbonyl (C=O) groups is 1. The van der Waals surface area contributed by atoms with Gasteiger partial charge < -0.3 is 10.6 Å². The van der Waals surface area contributed by atoms with Crippen molar-refractivity contribution in [3.8, 4) is 0 Å². The van der Waals surface area contributed by atoms with E-state index in [-0.39, 0.29) is 11.8 Å². The molecule has 19 heavy (non-hydrogen) atoms. The fraction of sp³-hybridized carbons (Fsp3) is 0.562. The third-order valence-corrected chi connectivity index (χ3v) is 3.48. The van der Waals surface area contributed by atoms with E-state index in [0.717, 1.165) is 19.3 Å². The van der Waals surface area contributed by atoms with Gasteiger partial charge in [-0.05, 0) is 24.0 Å². The fourth-order valence-electron chi connectivity index (χ4n) is 2.21. The minimum absolute atomic E-state index is 0.0515. The summed E-state index contributed by atoms with van der Waals surface area (Å²) in [6.45, 7) is 5.26. The molecule has 2 N–H and O–H groups in total. The minimum atomic E-state index is -0.0515. The second-order valence-corrected chi connectivity index (χ2v) is 5.10. The lowest BCUT2D eigenvalue weighted by Gasteiger charge is -2.22. The zero-order valence-corrected chi connectivity index (χ0v) is 12.4. The Morgan fingerprint density at radius 3 is 2.26 bits per heavy atom. The summed E-state index contributed by atoms with van der Waals surface area (Å²) in [5.41, 5.74) is 8.15. The van der Waals surface area contributed by atoms with Crippen LogP contribution in [0.4, 0.5) is 0 Å². The van der Waals surface area contributed by atoms with Crippen molar-refractivity contribution in [1.82, 2.24) is 4.90 Å². The zero-order valence-electron chi connectivity index (χ0n) is 12.4. The first-order valence-corrected chi connectivity index (χ1v) is 7.15. The second-order valence-electron chi connectivity index (χ2n) is 5.10. The Bertz CT molecular complexity index is 382. The molecule has 1 amide bonds. The number of nitrogens with zero attached hydrogens (tertiary/aromatic N) is 1. The molecule has 3 heteroatoms. The van der Waals surface area contributed by atoms with Gasteiger partial charge in [0.25, 0.3) is 0 Å². The number of hydrogen-bond donors (Lipinski definition) is 1. The average molecular weight is 262 g/mol. The molecule has 0 radical (unpaired) electrons. The standard InChI is InChI=1S/C16H26N2O/c1-4-6-13-7-9-14(10-8-13)12-18(3)16(19)15(5-2)11-17/h7-10,15H,4-6,11-12,17H2,1-3H3. The van der Waals surface area contributed by atoms with Gasteiger partial charge in [-0.15, -0.1) is 0 Å². The largest absolute Gasteiger partial charge is 0.341 e. The number of hydrogen-bond acceptors (Lipinski definition) is 2. The quantitative estimate of drug-likeness (QED) is 0.821. The first-order valence-electron chi connectivity index (χ1n) is 7.15. The normalized spacial score (nSPS) is 12.2. The Hall–Kier alpha value is -1.35. The predicted octanol–water partition coefficient (Wildman–Crippen LogP) is 2.58. The van der Waals surface area contributed by atoms with Gasteiger partial charge in [0.1, 0.15) is 0 Å². The van der Waals surface area contributed by atoms with E-state index in [1.165, 1.54) is 11.1 Å². The lowest BCUT2D eigenvalue weighted by Crippen LogP contribution is -2.35. The maximum Gasteiger partial charge on any atom is 0.226 e. The summed E-state index contributed by atoms with van der Waals surface area (Å²) < 4.78 is 0. The Labute approximate surface area is 116 Å². The van der Waals surface area contributed by atoms with Gasteiger partial charge >= 0.3 is 0 Å². The predicted molar refractivity (Wildman–Crippen MR) is 79.7 cm³/mol. The van der Waals surface area contributed by atoms with Crippen molar-refractivity contribution >= 4 is 5.91 Å². The van der Waals surface area contributed by atoms with E-state index >= 15 is 0 Å². The Morgan fingerprint density at radius 1 is 1.21 bits per heavy atom. The second kappa shape index (κ2) is 7.95. The van der Waals surface area contributed by atoms with E-state index < -0.39 is 0 Å². The Balaban J connectivity index is 2.60. The number of nitrogens with two attached hydrogens (primary N) is 1. The van der Waals surface area contributed by atoms with Gasteiger partial charge in [-0.3, -0.25) is 4.79 Å². The van der Waals surface area contributed by atoms with Crippen LogP contribution in [0.2, 0.25) is 0 Å². The van der Waals surface area contributed by atoms with Crippen LogP contribution in [0.15, 0.2) is 24.3 Å². The first kappa shape index (κ1) is 15.7. The molecule has 1 unspecified atom stereocenters. The van der Waals surface area contributed by atoms with Crippen molar-refractivity contribution in [1.29, 1.82) is 0 Å². The van der Waals surface area contributed by atoms with Crippen molar-refractivity contribution in [3.63, 3.8) is 0 Å². The van der Waals surface area contributed by atoms with Crippen LogP contribution in [0.5, 0.6) is 0 Å². The SMILES string of the molecule is CCCc1ccc(CN(C)C(=O)C(CC)CN)cc1. The molecule has 3 nitrogen and oxygen atoms in total. The third kappa shape index (κ3) is 4.67. The molecule has 0 aliphatic rings. The third-order valence-electron chi connectivity index (χ3n) is 3.48. The molecule has 0 bridgehead atoms. The van der Waals surface area contributed by atoms with E-state index in [9.17, 15) is 4.79 Å². The molecule has 0 saturated heterocycles. The van der Waals surface area contributed by atoms with Crippen LogP contribution >= 0.6 is 0 Å². The Morgan fingerprint density at radius 2 is 1.79 bits per heavy atom. The maximum absolute atomic E-state index is 12.1. The summed E-state index contributed by atoms with van der Waals surface area (Å²) >= 11 is 0. The highest BCUT2D eigenvalue weighted by Crippen LogP contribution is 2.11.